The third-order valence-electron chi connectivity index (χ3n) is 9.39. The van der Waals surface area contributed by atoms with Crippen molar-refractivity contribution in [2.75, 3.05) is 18.0 Å². The molecule has 202 valence electrons. The highest BCUT2D eigenvalue weighted by atomic mass is 32.1. The van der Waals surface area contributed by atoms with Crippen LogP contribution in [0.3, 0.4) is 0 Å². The summed E-state index contributed by atoms with van der Waals surface area (Å²) in [6.45, 7) is 11.3. The minimum Gasteiger partial charge on any atom is -0.422 e. The maximum atomic E-state index is 13.8. The van der Waals surface area contributed by atoms with E-state index in [-0.39, 0.29) is 10.8 Å². The van der Waals surface area contributed by atoms with E-state index in [1.54, 1.807) is 0 Å². The molecule has 39 heavy (non-hydrogen) atoms. The summed E-state index contributed by atoms with van der Waals surface area (Å²) in [6.07, 6.45) is 8.84. The highest BCUT2D eigenvalue weighted by molar-refractivity contribution is 7.21. The predicted molar refractivity (Wildman–Crippen MR) is 161 cm³/mol. The van der Waals surface area contributed by atoms with Gasteiger partial charge in [-0.2, -0.15) is 5.26 Å². The van der Waals surface area contributed by atoms with Gasteiger partial charge in [0.15, 0.2) is 0 Å². The molecule has 6 rings (SSSR count). The first-order valence-electron chi connectivity index (χ1n) is 14.5. The number of nitrogens with zero attached hydrogens (tertiary/aromatic N) is 3. The number of nitriles is 1. The van der Waals surface area contributed by atoms with Crippen LogP contribution >= 0.6 is 11.3 Å². The summed E-state index contributed by atoms with van der Waals surface area (Å²) in [6, 6.07) is 12.5. The summed E-state index contributed by atoms with van der Waals surface area (Å²) < 4.78 is 7.31. The van der Waals surface area contributed by atoms with Crippen molar-refractivity contribution in [1.82, 2.24) is 4.98 Å². The summed E-state index contributed by atoms with van der Waals surface area (Å²) in [5.74, 6) is 0. The quantitative estimate of drug-likeness (QED) is 0.220. The number of hydrogen-bond acceptors (Lipinski definition) is 6. The van der Waals surface area contributed by atoms with Crippen molar-refractivity contribution in [2.24, 2.45) is 0 Å². The molecule has 0 saturated heterocycles. The second kappa shape index (κ2) is 9.78. The first kappa shape index (κ1) is 26.1. The van der Waals surface area contributed by atoms with Gasteiger partial charge in [0, 0.05) is 29.7 Å². The average molecular weight is 540 g/mol. The number of fused-ring (bicyclic) bond motifs is 3. The topological polar surface area (TPSA) is 70.1 Å². The fourth-order valence-electron chi connectivity index (χ4n) is 6.97. The fourth-order valence-corrected chi connectivity index (χ4v) is 7.97. The van der Waals surface area contributed by atoms with Crippen LogP contribution in [0.15, 0.2) is 39.5 Å². The molecule has 0 fully saturated rings. The highest BCUT2D eigenvalue weighted by Crippen LogP contribution is 2.55. The van der Waals surface area contributed by atoms with Gasteiger partial charge in [-0.1, -0.05) is 65.5 Å². The van der Waals surface area contributed by atoms with Crippen LogP contribution in [0.5, 0.6) is 0 Å². The fraction of sp³-hybridized carbons (Fsp3) is 0.485. The molecule has 2 aromatic heterocycles. The molecule has 0 spiro atoms. The monoisotopic (exact) mass is 539 g/mol. The lowest BCUT2D eigenvalue weighted by atomic mass is 9.65. The molecule has 5 nitrogen and oxygen atoms in total. The molecule has 0 saturated carbocycles. The number of para-hydroxylation sites is 1. The number of thiazole rings is 1. The van der Waals surface area contributed by atoms with Crippen molar-refractivity contribution in [2.45, 2.75) is 89.9 Å². The van der Waals surface area contributed by atoms with Crippen molar-refractivity contribution < 1.29 is 4.42 Å². The Hall–Kier alpha value is -3.17. The van der Waals surface area contributed by atoms with Gasteiger partial charge < -0.3 is 9.32 Å². The molecule has 2 unspecified atom stereocenters. The van der Waals surface area contributed by atoms with Crippen LogP contribution in [0.2, 0.25) is 0 Å². The van der Waals surface area contributed by atoms with Gasteiger partial charge >= 0.3 is 5.63 Å². The molecule has 0 amide bonds. The molecular weight excluding hydrogens is 502 g/mol. The van der Waals surface area contributed by atoms with Crippen molar-refractivity contribution in [3.8, 4) is 16.6 Å². The van der Waals surface area contributed by atoms with E-state index >= 15 is 0 Å². The molecule has 2 aliphatic heterocycles. The van der Waals surface area contributed by atoms with Crippen LogP contribution in [0.25, 0.3) is 31.8 Å². The van der Waals surface area contributed by atoms with E-state index in [1.807, 2.05) is 24.3 Å². The Kier molecular flexibility index (Phi) is 6.54. The zero-order valence-electron chi connectivity index (χ0n) is 23.5. The molecule has 2 aromatic carbocycles. The Balaban J connectivity index is 1.70. The van der Waals surface area contributed by atoms with Gasteiger partial charge in [-0.3, -0.25) is 0 Å². The van der Waals surface area contributed by atoms with Crippen molar-refractivity contribution in [1.29, 1.82) is 5.26 Å². The van der Waals surface area contributed by atoms with Gasteiger partial charge in [-0.05, 0) is 60.3 Å². The Labute approximate surface area is 234 Å². The normalized spacial score (nSPS) is 22.3. The van der Waals surface area contributed by atoms with Crippen molar-refractivity contribution >= 4 is 38.2 Å². The minimum atomic E-state index is -0.464. The van der Waals surface area contributed by atoms with Crippen LogP contribution in [-0.2, 0) is 10.8 Å². The number of benzene rings is 2. The van der Waals surface area contributed by atoms with E-state index in [1.165, 1.54) is 29.0 Å². The Morgan fingerprint density at radius 2 is 1.77 bits per heavy atom. The minimum absolute atomic E-state index is 0.0205. The van der Waals surface area contributed by atoms with Crippen molar-refractivity contribution in [3.05, 3.63) is 57.4 Å². The number of unbranched alkanes of at least 4 members (excludes halogenated alkanes) is 2. The van der Waals surface area contributed by atoms with Gasteiger partial charge in [0.1, 0.15) is 22.2 Å². The second-order valence-electron chi connectivity index (χ2n) is 12.1. The molecule has 2 atom stereocenters. The smallest absolute Gasteiger partial charge is 0.348 e. The number of hydrogen-bond donors (Lipinski definition) is 0. The lowest BCUT2D eigenvalue weighted by Gasteiger charge is -2.50. The van der Waals surface area contributed by atoms with Crippen molar-refractivity contribution in [3.63, 3.8) is 0 Å². The average Bonchev–Trinajstić information content (AvgIpc) is 3.37. The molecule has 0 radical (unpaired) electrons. The molecule has 4 heterocycles. The highest BCUT2D eigenvalue weighted by Gasteiger charge is 2.45. The molecule has 6 heteroatoms. The van der Waals surface area contributed by atoms with E-state index in [4.69, 9.17) is 9.40 Å². The summed E-state index contributed by atoms with van der Waals surface area (Å²) >= 11 is 1.44. The molecule has 0 bridgehead atoms. The third kappa shape index (κ3) is 4.09. The van der Waals surface area contributed by atoms with E-state index in [9.17, 15) is 10.1 Å². The van der Waals surface area contributed by atoms with Gasteiger partial charge in [-0.25, -0.2) is 9.78 Å². The number of anilines is 1. The molecule has 4 aromatic rings. The van der Waals surface area contributed by atoms with E-state index < -0.39 is 5.63 Å². The zero-order chi connectivity index (χ0) is 27.4. The molecule has 2 aliphatic rings. The molecular formula is C33H37N3O2S. The Bertz CT molecular complexity index is 1640. The van der Waals surface area contributed by atoms with Crippen LogP contribution < -0.4 is 10.5 Å². The predicted octanol–water partition coefficient (Wildman–Crippen LogP) is 8.45. The van der Waals surface area contributed by atoms with E-state index in [0.717, 1.165) is 79.2 Å². The Morgan fingerprint density at radius 1 is 1.08 bits per heavy atom. The number of rotatable bonds is 7. The van der Waals surface area contributed by atoms with E-state index in [0.29, 0.717) is 21.7 Å². The van der Waals surface area contributed by atoms with Crippen LogP contribution in [0, 0.1) is 11.3 Å². The van der Waals surface area contributed by atoms with E-state index in [2.05, 4.69) is 44.7 Å². The van der Waals surface area contributed by atoms with Crippen LogP contribution in [-0.4, -0.2) is 18.1 Å². The summed E-state index contributed by atoms with van der Waals surface area (Å²) in [7, 11) is 0. The van der Waals surface area contributed by atoms with Gasteiger partial charge in [0.05, 0.1) is 15.8 Å². The summed E-state index contributed by atoms with van der Waals surface area (Å²) in [5.41, 5.74) is 5.34. The maximum Gasteiger partial charge on any atom is 0.348 e. The van der Waals surface area contributed by atoms with Gasteiger partial charge in [0.25, 0.3) is 0 Å². The zero-order valence-corrected chi connectivity index (χ0v) is 24.3. The first-order valence-corrected chi connectivity index (χ1v) is 15.3. The molecule has 0 aliphatic carbocycles. The standard InChI is InChI=1S/C33H37N3O2S/c1-5-7-13-32(3)15-17-36-18-16-33(4,14-8-6-2)27-28(36)23(32)19-21-22(20-34)26(31(37)38-29(21)27)30-35-24-11-9-10-12-25(24)39-30/h9-12,19H,5-8,13-18H2,1-4H3. The van der Waals surface area contributed by atoms with Crippen LogP contribution in [0.1, 0.15) is 95.8 Å². The molecule has 0 N–H and O–H groups in total. The Morgan fingerprint density at radius 3 is 2.46 bits per heavy atom. The lowest BCUT2D eigenvalue weighted by molar-refractivity contribution is 0.332. The SMILES string of the molecule is CCCCC1(C)CCN2CCC(C)(CCCC)c3c2c1cc1c(C#N)c(-c2nc4ccccc4s2)c(=O)oc31. The van der Waals surface area contributed by atoms with Crippen LogP contribution in [0.4, 0.5) is 5.69 Å². The maximum absolute atomic E-state index is 13.8. The largest absolute Gasteiger partial charge is 0.422 e. The van der Waals surface area contributed by atoms with Gasteiger partial charge in [0.2, 0.25) is 0 Å². The summed E-state index contributed by atoms with van der Waals surface area (Å²) in [4.78, 5) is 21.0. The third-order valence-corrected chi connectivity index (χ3v) is 10.4. The summed E-state index contributed by atoms with van der Waals surface area (Å²) in [5, 5.41) is 11.9. The second-order valence-corrected chi connectivity index (χ2v) is 13.1. The lowest BCUT2D eigenvalue weighted by Crippen LogP contribution is -2.46. The van der Waals surface area contributed by atoms with Gasteiger partial charge in [-0.15, -0.1) is 11.3 Å². The number of aromatic nitrogens is 1. The first-order chi connectivity index (χ1) is 18.8.